The van der Waals surface area contributed by atoms with E-state index in [-0.39, 0.29) is 12.4 Å². The summed E-state index contributed by atoms with van der Waals surface area (Å²) < 4.78 is 36.8. The fourth-order valence-corrected chi connectivity index (χ4v) is 1.75. The summed E-state index contributed by atoms with van der Waals surface area (Å²) in [4.78, 5) is 0. The molecule has 1 aromatic carbocycles. The van der Waals surface area contributed by atoms with E-state index >= 15 is 0 Å². The van der Waals surface area contributed by atoms with Crippen molar-refractivity contribution in [3.63, 3.8) is 0 Å². The third kappa shape index (κ3) is 5.29. The molecule has 1 N–H and O–H groups in total. The molecule has 0 aliphatic heterocycles. The monoisotopic (exact) mass is 323 g/mol. The number of rotatable bonds is 8. The highest BCUT2D eigenvalue weighted by atomic mass is 79.9. The van der Waals surface area contributed by atoms with Crippen LogP contribution >= 0.6 is 15.9 Å². The van der Waals surface area contributed by atoms with Gasteiger partial charge in [0.2, 0.25) is 5.82 Å². The predicted molar refractivity (Wildman–Crippen MR) is 68.9 cm³/mol. The summed E-state index contributed by atoms with van der Waals surface area (Å²) in [5.74, 6) is -1.97. The van der Waals surface area contributed by atoms with Crippen molar-refractivity contribution in [1.82, 2.24) is 5.32 Å². The van der Waals surface area contributed by atoms with Crippen LogP contribution in [0.25, 0.3) is 0 Å². The number of methoxy groups -OCH3 is 1. The van der Waals surface area contributed by atoms with Gasteiger partial charge in [0.15, 0.2) is 11.6 Å². The van der Waals surface area contributed by atoms with Gasteiger partial charge >= 0.3 is 0 Å². The van der Waals surface area contributed by atoms with Gasteiger partial charge in [-0.05, 0) is 25.1 Å². The maximum absolute atomic E-state index is 13.3. The Bertz CT molecular complexity index is 377. The molecule has 0 aliphatic carbocycles. The molecule has 1 rings (SSSR count). The lowest BCUT2D eigenvalue weighted by Gasteiger charge is -2.09. The molecule has 0 amide bonds. The summed E-state index contributed by atoms with van der Waals surface area (Å²) >= 11 is 3.08. The van der Waals surface area contributed by atoms with Crippen LogP contribution in [0, 0.1) is 11.6 Å². The molecule has 0 heterocycles. The summed E-state index contributed by atoms with van der Waals surface area (Å²) in [7, 11) is 1.65. The zero-order valence-electron chi connectivity index (χ0n) is 10.1. The van der Waals surface area contributed by atoms with Crippen LogP contribution in [0.1, 0.15) is 6.42 Å². The van der Waals surface area contributed by atoms with Gasteiger partial charge in [0.05, 0.1) is 0 Å². The molecule has 0 bridgehead atoms. The van der Waals surface area contributed by atoms with Crippen LogP contribution in [0.3, 0.4) is 0 Å². The zero-order valence-corrected chi connectivity index (χ0v) is 11.7. The molecule has 0 aliphatic rings. The van der Waals surface area contributed by atoms with Crippen LogP contribution in [0.4, 0.5) is 8.78 Å². The number of nitrogens with one attached hydrogen (secondary N) is 1. The molecule has 0 spiro atoms. The highest BCUT2D eigenvalue weighted by Crippen LogP contribution is 2.25. The summed E-state index contributed by atoms with van der Waals surface area (Å²) in [5, 5.41) is 3.11. The Hall–Kier alpha value is -0.720. The highest BCUT2D eigenvalue weighted by Gasteiger charge is 2.10. The minimum Gasteiger partial charge on any atom is -0.489 e. The van der Waals surface area contributed by atoms with E-state index in [1.54, 1.807) is 7.11 Å². The van der Waals surface area contributed by atoms with Crippen LogP contribution in [-0.2, 0) is 4.74 Å². The van der Waals surface area contributed by atoms with Crippen LogP contribution in [0.2, 0.25) is 0 Å². The van der Waals surface area contributed by atoms with Gasteiger partial charge < -0.3 is 14.8 Å². The van der Waals surface area contributed by atoms with Crippen molar-refractivity contribution in [1.29, 1.82) is 0 Å². The molecular formula is C12H16BrF2NO2. The quantitative estimate of drug-likeness (QED) is 0.589. The zero-order chi connectivity index (χ0) is 13.4. The first-order chi connectivity index (χ1) is 8.65. The van der Waals surface area contributed by atoms with E-state index in [9.17, 15) is 8.78 Å². The Labute approximate surface area is 114 Å². The fraction of sp³-hybridized carbons (Fsp3) is 0.500. The van der Waals surface area contributed by atoms with Gasteiger partial charge in [0.25, 0.3) is 0 Å². The van der Waals surface area contributed by atoms with Crippen molar-refractivity contribution in [2.75, 3.05) is 33.4 Å². The van der Waals surface area contributed by atoms with Gasteiger partial charge in [-0.3, -0.25) is 0 Å². The first kappa shape index (κ1) is 15.3. The minimum atomic E-state index is -0.961. The van der Waals surface area contributed by atoms with E-state index in [4.69, 9.17) is 9.47 Å². The van der Waals surface area contributed by atoms with E-state index in [1.165, 1.54) is 6.07 Å². The second kappa shape index (κ2) is 8.39. The van der Waals surface area contributed by atoms with E-state index in [1.807, 2.05) is 0 Å². The molecule has 0 aromatic heterocycles. The topological polar surface area (TPSA) is 30.5 Å². The molecule has 0 saturated carbocycles. The van der Waals surface area contributed by atoms with E-state index in [0.717, 1.165) is 19.0 Å². The minimum absolute atomic E-state index is 0.0828. The Balaban J connectivity index is 2.27. The summed E-state index contributed by atoms with van der Waals surface area (Å²) in [6, 6.07) is 2.47. The molecule has 3 nitrogen and oxygen atoms in total. The average molecular weight is 324 g/mol. The molecule has 18 heavy (non-hydrogen) atoms. The van der Waals surface area contributed by atoms with Gasteiger partial charge in [-0.25, -0.2) is 4.39 Å². The van der Waals surface area contributed by atoms with E-state index in [0.29, 0.717) is 17.6 Å². The predicted octanol–water partition coefficient (Wildman–Crippen LogP) is 2.73. The Morgan fingerprint density at radius 2 is 2.00 bits per heavy atom. The van der Waals surface area contributed by atoms with Gasteiger partial charge in [-0.2, -0.15) is 4.39 Å². The first-order valence-corrected chi connectivity index (χ1v) is 6.41. The summed E-state index contributed by atoms with van der Waals surface area (Å²) in [6.07, 6.45) is 0.899. The summed E-state index contributed by atoms with van der Waals surface area (Å²) in [5.41, 5.74) is 0. The maximum Gasteiger partial charge on any atom is 0.200 e. The Kier molecular flexibility index (Phi) is 7.15. The van der Waals surface area contributed by atoms with Gasteiger partial charge in [-0.1, -0.05) is 15.9 Å². The molecule has 6 heteroatoms. The Morgan fingerprint density at radius 1 is 1.22 bits per heavy atom. The molecule has 0 unspecified atom stereocenters. The van der Waals surface area contributed by atoms with Crippen molar-refractivity contribution in [3.05, 3.63) is 28.2 Å². The van der Waals surface area contributed by atoms with Crippen molar-refractivity contribution in [3.8, 4) is 5.75 Å². The van der Waals surface area contributed by atoms with E-state index in [2.05, 4.69) is 21.2 Å². The molecule has 102 valence electrons. The molecule has 1 aromatic rings. The number of halogens is 3. The van der Waals surface area contributed by atoms with Gasteiger partial charge in [-0.15, -0.1) is 0 Å². The smallest absolute Gasteiger partial charge is 0.200 e. The lowest BCUT2D eigenvalue weighted by Crippen LogP contribution is -2.23. The molecular weight excluding hydrogens is 308 g/mol. The maximum atomic E-state index is 13.3. The number of hydrogen-bond donors (Lipinski definition) is 1. The van der Waals surface area contributed by atoms with Crippen molar-refractivity contribution < 1.29 is 18.3 Å². The highest BCUT2D eigenvalue weighted by molar-refractivity contribution is 9.10. The number of benzene rings is 1. The van der Waals surface area contributed by atoms with E-state index < -0.39 is 11.6 Å². The second-order valence-corrected chi connectivity index (χ2v) is 4.56. The van der Waals surface area contributed by atoms with Gasteiger partial charge in [0, 0.05) is 24.7 Å². The van der Waals surface area contributed by atoms with Crippen molar-refractivity contribution >= 4 is 15.9 Å². The average Bonchev–Trinajstić information content (AvgIpc) is 2.33. The standard InChI is InChI=1S/C12H16BrF2NO2/c1-17-5-2-3-16-4-6-18-11-8-9(13)7-10(14)12(11)15/h7-8,16H,2-6H2,1H3. The van der Waals surface area contributed by atoms with Crippen LogP contribution < -0.4 is 10.1 Å². The van der Waals surface area contributed by atoms with Crippen molar-refractivity contribution in [2.24, 2.45) is 0 Å². The van der Waals surface area contributed by atoms with Crippen LogP contribution in [0.15, 0.2) is 16.6 Å². The van der Waals surface area contributed by atoms with Crippen LogP contribution in [0.5, 0.6) is 5.75 Å². The molecule has 0 fully saturated rings. The van der Waals surface area contributed by atoms with Crippen LogP contribution in [-0.4, -0.2) is 33.4 Å². The SMILES string of the molecule is COCCCNCCOc1cc(Br)cc(F)c1F. The largest absolute Gasteiger partial charge is 0.489 e. The summed E-state index contributed by atoms with van der Waals surface area (Å²) in [6.45, 7) is 2.34. The Morgan fingerprint density at radius 3 is 2.72 bits per heavy atom. The lowest BCUT2D eigenvalue weighted by atomic mass is 10.3. The number of ether oxygens (including phenoxy) is 2. The van der Waals surface area contributed by atoms with Crippen molar-refractivity contribution in [2.45, 2.75) is 6.42 Å². The first-order valence-electron chi connectivity index (χ1n) is 5.62. The second-order valence-electron chi connectivity index (χ2n) is 3.64. The lowest BCUT2D eigenvalue weighted by molar-refractivity contribution is 0.193. The molecule has 0 atom stereocenters. The third-order valence-electron chi connectivity index (χ3n) is 2.20. The molecule has 0 saturated heterocycles. The fourth-order valence-electron chi connectivity index (χ4n) is 1.34. The normalized spacial score (nSPS) is 10.7. The van der Waals surface area contributed by atoms with Gasteiger partial charge in [0.1, 0.15) is 6.61 Å². The third-order valence-corrected chi connectivity index (χ3v) is 2.66. The number of hydrogen-bond acceptors (Lipinski definition) is 3. The molecule has 0 radical (unpaired) electrons.